The molecule has 1 aromatic carbocycles. The van der Waals surface area contributed by atoms with Crippen LogP contribution in [0.1, 0.15) is 0 Å². The van der Waals surface area contributed by atoms with Crippen LogP contribution < -0.4 is 10.5 Å². The molecule has 0 atom stereocenters. The van der Waals surface area contributed by atoms with Gasteiger partial charge in [0.15, 0.2) is 0 Å². The van der Waals surface area contributed by atoms with Gasteiger partial charge >= 0.3 is 0 Å². The second-order valence-electron chi connectivity index (χ2n) is 3.29. The van der Waals surface area contributed by atoms with Gasteiger partial charge in [-0.25, -0.2) is 8.42 Å². The van der Waals surface area contributed by atoms with Crippen molar-refractivity contribution >= 4 is 10.0 Å². The molecule has 0 bridgehead atoms. The van der Waals surface area contributed by atoms with Gasteiger partial charge in [0.1, 0.15) is 5.75 Å². The monoisotopic (exact) mass is 244 g/mol. The van der Waals surface area contributed by atoms with Crippen LogP contribution in [0.25, 0.3) is 0 Å². The number of likely N-dealkylation sites (N-methyl/N-ethyl adjacent to an activating group) is 1. The van der Waals surface area contributed by atoms with E-state index in [9.17, 15) is 8.42 Å². The average Bonchev–Trinajstić information content (AvgIpc) is 2.29. The van der Waals surface area contributed by atoms with Crippen molar-refractivity contribution in [3.63, 3.8) is 0 Å². The molecule has 0 amide bonds. The molecule has 0 saturated carbocycles. The lowest BCUT2D eigenvalue weighted by Crippen LogP contribution is -2.31. The number of ether oxygens (including phenoxy) is 1. The summed E-state index contributed by atoms with van der Waals surface area (Å²) in [6.07, 6.45) is 0. The number of nitrogens with two attached hydrogens (primary N) is 1. The molecule has 0 aromatic heterocycles. The Morgan fingerprint density at radius 1 is 1.44 bits per heavy atom. The number of methoxy groups -OCH3 is 1. The molecular formula is C10H16N2O3S. The second kappa shape index (κ2) is 5.29. The molecule has 90 valence electrons. The molecule has 5 nitrogen and oxygen atoms in total. The standard InChI is InChI=1S/C10H16N2O3S/c1-12(7-6-11)16(13,14)10-5-3-4-9(8-10)15-2/h3-5,8H,6-7,11H2,1-2H3. The lowest BCUT2D eigenvalue weighted by molar-refractivity contribution is 0.412. The Morgan fingerprint density at radius 3 is 2.69 bits per heavy atom. The van der Waals surface area contributed by atoms with Crippen LogP contribution in [-0.2, 0) is 10.0 Å². The lowest BCUT2D eigenvalue weighted by Gasteiger charge is -2.16. The minimum absolute atomic E-state index is 0.211. The predicted octanol–water partition coefficient (Wildman–Crippen LogP) is 0.274. The van der Waals surface area contributed by atoms with Gasteiger partial charge in [0, 0.05) is 26.2 Å². The summed E-state index contributed by atoms with van der Waals surface area (Å²) < 4.78 is 30.2. The maximum atomic E-state index is 12.0. The maximum absolute atomic E-state index is 12.0. The molecular weight excluding hydrogens is 228 g/mol. The summed E-state index contributed by atoms with van der Waals surface area (Å²) in [5, 5.41) is 0. The van der Waals surface area contributed by atoms with Gasteiger partial charge in [0.05, 0.1) is 12.0 Å². The quantitative estimate of drug-likeness (QED) is 0.807. The molecule has 0 heterocycles. The Kier molecular flexibility index (Phi) is 4.28. The van der Waals surface area contributed by atoms with E-state index in [1.165, 1.54) is 30.6 Å². The van der Waals surface area contributed by atoms with Crippen LogP contribution in [0.2, 0.25) is 0 Å². The van der Waals surface area contributed by atoms with Gasteiger partial charge in [-0.2, -0.15) is 4.31 Å². The van der Waals surface area contributed by atoms with Crippen molar-refractivity contribution in [2.24, 2.45) is 5.73 Å². The number of sulfonamides is 1. The number of hydrogen-bond donors (Lipinski definition) is 1. The number of nitrogens with zero attached hydrogens (tertiary/aromatic N) is 1. The van der Waals surface area contributed by atoms with Crippen LogP contribution in [0, 0.1) is 0 Å². The predicted molar refractivity (Wildman–Crippen MR) is 61.9 cm³/mol. The van der Waals surface area contributed by atoms with Gasteiger partial charge in [-0.15, -0.1) is 0 Å². The van der Waals surface area contributed by atoms with Gasteiger partial charge < -0.3 is 10.5 Å². The molecule has 1 rings (SSSR count). The highest BCUT2D eigenvalue weighted by atomic mass is 32.2. The van der Waals surface area contributed by atoms with E-state index in [0.717, 1.165) is 0 Å². The zero-order chi connectivity index (χ0) is 12.2. The van der Waals surface area contributed by atoms with Crippen molar-refractivity contribution in [1.29, 1.82) is 0 Å². The average molecular weight is 244 g/mol. The fourth-order valence-electron chi connectivity index (χ4n) is 1.24. The largest absolute Gasteiger partial charge is 0.497 e. The summed E-state index contributed by atoms with van der Waals surface area (Å²) in [7, 11) is -0.463. The molecule has 0 aliphatic carbocycles. The normalized spacial score (nSPS) is 11.8. The Morgan fingerprint density at radius 2 is 2.12 bits per heavy atom. The molecule has 2 N–H and O–H groups in total. The van der Waals surface area contributed by atoms with E-state index in [-0.39, 0.29) is 4.90 Å². The second-order valence-corrected chi connectivity index (χ2v) is 5.34. The molecule has 0 spiro atoms. The summed E-state index contributed by atoms with van der Waals surface area (Å²) in [5.41, 5.74) is 5.33. The van der Waals surface area contributed by atoms with Crippen molar-refractivity contribution in [2.75, 3.05) is 27.2 Å². The third-order valence-electron chi connectivity index (χ3n) is 2.19. The van der Waals surface area contributed by atoms with Gasteiger partial charge in [-0.3, -0.25) is 0 Å². The SMILES string of the molecule is COc1cccc(S(=O)(=O)N(C)CCN)c1. The van der Waals surface area contributed by atoms with Crippen LogP contribution in [0.15, 0.2) is 29.2 Å². The zero-order valence-corrected chi connectivity index (χ0v) is 10.2. The molecule has 6 heteroatoms. The summed E-state index contributed by atoms with van der Waals surface area (Å²) >= 11 is 0. The van der Waals surface area contributed by atoms with Crippen molar-refractivity contribution in [3.05, 3.63) is 24.3 Å². The van der Waals surface area contributed by atoms with E-state index in [0.29, 0.717) is 18.8 Å². The minimum Gasteiger partial charge on any atom is -0.497 e. The summed E-state index contributed by atoms with van der Waals surface area (Å²) in [5.74, 6) is 0.516. The van der Waals surface area contributed by atoms with Crippen molar-refractivity contribution in [2.45, 2.75) is 4.90 Å². The minimum atomic E-state index is -3.46. The van der Waals surface area contributed by atoms with Gasteiger partial charge in [0.2, 0.25) is 10.0 Å². The first kappa shape index (κ1) is 13.0. The van der Waals surface area contributed by atoms with E-state index in [1.54, 1.807) is 12.1 Å². The summed E-state index contributed by atoms with van der Waals surface area (Å²) in [4.78, 5) is 0.211. The van der Waals surface area contributed by atoms with Crippen molar-refractivity contribution in [3.8, 4) is 5.75 Å². The Balaban J connectivity index is 3.06. The van der Waals surface area contributed by atoms with Gasteiger partial charge in [0.25, 0.3) is 0 Å². The van der Waals surface area contributed by atoms with Crippen LogP contribution in [-0.4, -0.2) is 40.0 Å². The van der Waals surface area contributed by atoms with Crippen LogP contribution >= 0.6 is 0 Å². The zero-order valence-electron chi connectivity index (χ0n) is 9.38. The van der Waals surface area contributed by atoms with Gasteiger partial charge in [-0.1, -0.05) is 6.07 Å². The first-order valence-electron chi connectivity index (χ1n) is 4.83. The molecule has 16 heavy (non-hydrogen) atoms. The summed E-state index contributed by atoms with van der Waals surface area (Å²) in [6.45, 7) is 0.583. The van der Waals surface area contributed by atoms with E-state index in [4.69, 9.17) is 10.5 Å². The molecule has 0 saturated heterocycles. The maximum Gasteiger partial charge on any atom is 0.242 e. The van der Waals surface area contributed by atoms with E-state index in [2.05, 4.69) is 0 Å². The summed E-state index contributed by atoms with van der Waals surface area (Å²) in [6, 6.07) is 6.36. The number of hydrogen-bond acceptors (Lipinski definition) is 4. The Hall–Kier alpha value is -1.11. The highest BCUT2D eigenvalue weighted by Gasteiger charge is 2.20. The van der Waals surface area contributed by atoms with Crippen LogP contribution in [0.4, 0.5) is 0 Å². The third kappa shape index (κ3) is 2.72. The molecule has 0 unspecified atom stereocenters. The van der Waals surface area contributed by atoms with Crippen molar-refractivity contribution < 1.29 is 13.2 Å². The Labute approximate surface area is 95.9 Å². The number of benzene rings is 1. The highest BCUT2D eigenvalue weighted by molar-refractivity contribution is 7.89. The van der Waals surface area contributed by atoms with Crippen LogP contribution in [0.3, 0.4) is 0 Å². The van der Waals surface area contributed by atoms with Crippen LogP contribution in [0.5, 0.6) is 5.75 Å². The highest BCUT2D eigenvalue weighted by Crippen LogP contribution is 2.19. The third-order valence-corrected chi connectivity index (χ3v) is 4.05. The van der Waals surface area contributed by atoms with E-state index in [1.807, 2.05) is 0 Å². The number of rotatable bonds is 5. The Bertz CT molecular complexity index is 445. The topological polar surface area (TPSA) is 72.6 Å². The van der Waals surface area contributed by atoms with E-state index >= 15 is 0 Å². The first-order chi connectivity index (χ1) is 7.52. The van der Waals surface area contributed by atoms with Crippen molar-refractivity contribution in [1.82, 2.24) is 4.31 Å². The molecule has 1 aromatic rings. The molecule has 0 radical (unpaired) electrons. The van der Waals surface area contributed by atoms with E-state index < -0.39 is 10.0 Å². The molecule has 0 aliphatic heterocycles. The van der Waals surface area contributed by atoms with Gasteiger partial charge in [-0.05, 0) is 12.1 Å². The molecule has 0 aliphatic rings. The smallest absolute Gasteiger partial charge is 0.242 e. The molecule has 0 fully saturated rings. The fraction of sp³-hybridized carbons (Fsp3) is 0.400. The fourth-order valence-corrected chi connectivity index (χ4v) is 2.46. The lowest BCUT2D eigenvalue weighted by atomic mass is 10.3. The first-order valence-corrected chi connectivity index (χ1v) is 6.27.